The number of aryl methyl sites for hydroxylation is 2. The molecule has 0 spiro atoms. The van der Waals surface area contributed by atoms with Crippen molar-refractivity contribution in [2.45, 2.75) is 13.8 Å². The molecular weight excluding hydrogens is 272 g/mol. The summed E-state index contributed by atoms with van der Waals surface area (Å²) in [6.45, 7) is 3.47. The quantitative estimate of drug-likeness (QED) is 0.666. The number of carboxylic acid groups (broad SMARTS) is 1. The van der Waals surface area contributed by atoms with Crippen molar-refractivity contribution in [3.63, 3.8) is 0 Å². The largest absolute Gasteiger partial charge is 0.478 e. The summed E-state index contributed by atoms with van der Waals surface area (Å²) in [4.78, 5) is 22.6. The molecule has 108 valence electrons. The number of rotatable bonds is 4. The average Bonchev–Trinajstić information content (AvgIpc) is 2.78. The molecular formula is C15H14N2O4. The molecule has 1 amide bonds. The Kier molecular flexibility index (Phi) is 4.18. The Labute approximate surface area is 121 Å². The van der Waals surface area contributed by atoms with Gasteiger partial charge in [-0.25, -0.2) is 10.2 Å². The van der Waals surface area contributed by atoms with E-state index in [1.807, 2.05) is 0 Å². The van der Waals surface area contributed by atoms with Gasteiger partial charge in [0.25, 0.3) is 5.91 Å². The molecule has 0 atom stereocenters. The fourth-order valence-electron chi connectivity index (χ4n) is 1.79. The number of nitrogens with zero attached hydrogens (tertiary/aromatic N) is 1. The van der Waals surface area contributed by atoms with E-state index in [4.69, 9.17) is 9.52 Å². The van der Waals surface area contributed by atoms with Crippen LogP contribution < -0.4 is 5.43 Å². The molecule has 0 saturated carbocycles. The summed E-state index contributed by atoms with van der Waals surface area (Å²) < 4.78 is 5.27. The van der Waals surface area contributed by atoms with Crippen molar-refractivity contribution < 1.29 is 19.1 Å². The average molecular weight is 286 g/mol. The summed E-state index contributed by atoms with van der Waals surface area (Å²) in [5.41, 5.74) is 3.71. The lowest BCUT2D eigenvalue weighted by Crippen LogP contribution is -2.17. The number of carbonyl (C=O) groups excluding carboxylic acids is 1. The maximum absolute atomic E-state index is 11.8. The summed E-state index contributed by atoms with van der Waals surface area (Å²) in [5.74, 6) is -0.155. The Balaban J connectivity index is 2.00. The first kappa shape index (κ1) is 14.5. The molecule has 6 nitrogen and oxygen atoms in total. The van der Waals surface area contributed by atoms with Crippen LogP contribution in [0, 0.1) is 13.8 Å². The second-order valence-corrected chi connectivity index (χ2v) is 4.45. The number of furan rings is 1. The Morgan fingerprint density at radius 1 is 1.24 bits per heavy atom. The Bertz CT molecular complexity index is 699. The number of carboxylic acids is 1. The summed E-state index contributed by atoms with van der Waals surface area (Å²) in [7, 11) is 0. The molecule has 6 heteroatoms. The first-order chi connectivity index (χ1) is 9.97. The molecule has 1 aromatic heterocycles. The van der Waals surface area contributed by atoms with Crippen LogP contribution in [0.2, 0.25) is 0 Å². The SMILES string of the molecule is Cc1cc(C(=O)N/N=C\c2ccc(C(=O)O)cc2)c(C)o1. The molecule has 2 rings (SSSR count). The van der Waals surface area contributed by atoms with Crippen LogP contribution in [0.3, 0.4) is 0 Å². The van der Waals surface area contributed by atoms with Crippen LogP contribution in [0.5, 0.6) is 0 Å². The zero-order chi connectivity index (χ0) is 15.4. The van der Waals surface area contributed by atoms with Crippen molar-refractivity contribution in [2.75, 3.05) is 0 Å². The monoisotopic (exact) mass is 286 g/mol. The highest BCUT2D eigenvalue weighted by molar-refractivity contribution is 5.96. The summed E-state index contributed by atoms with van der Waals surface area (Å²) >= 11 is 0. The normalized spacial score (nSPS) is 10.8. The van der Waals surface area contributed by atoms with Gasteiger partial charge in [-0.1, -0.05) is 12.1 Å². The van der Waals surface area contributed by atoms with Gasteiger partial charge in [-0.2, -0.15) is 5.10 Å². The van der Waals surface area contributed by atoms with Crippen LogP contribution in [0.15, 0.2) is 39.9 Å². The van der Waals surface area contributed by atoms with E-state index in [1.54, 1.807) is 32.0 Å². The number of amides is 1. The fraction of sp³-hybridized carbons (Fsp3) is 0.133. The number of benzene rings is 1. The first-order valence-electron chi connectivity index (χ1n) is 6.21. The first-order valence-corrected chi connectivity index (χ1v) is 6.21. The molecule has 2 N–H and O–H groups in total. The minimum Gasteiger partial charge on any atom is -0.478 e. The molecule has 1 aromatic carbocycles. The summed E-state index contributed by atoms with van der Waals surface area (Å²) in [5, 5.41) is 12.6. The van der Waals surface area contributed by atoms with E-state index >= 15 is 0 Å². The molecule has 0 saturated heterocycles. The number of hydrazone groups is 1. The lowest BCUT2D eigenvalue weighted by molar-refractivity contribution is 0.0696. The van der Waals surface area contributed by atoms with Crippen LogP contribution in [0.25, 0.3) is 0 Å². The van der Waals surface area contributed by atoms with Crippen molar-refractivity contribution in [2.24, 2.45) is 5.10 Å². The maximum Gasteiger partial charge on any atom is 0.335 e. The van der Waals surface area contributed by atoms with Crippen molar-refractivity contribution in [1.29, 1.82) is 0 Å². The zero-order valence-corrected chi connectivity index (χ0v) is 11.6. The van der Waals surface area contributed by atoms with E-state index in [-0.39, 0.29) is 11.5 Å². The smallest absolute Gasteiger partial charge is 0.335 e. The Hall–Kier alpha value is -2.89. The van der Waals surface area contributed by atoms with Gasteiger partial charge in [-0.15, -0.1) is 0 Å². The van der Waals surface area contributed by atoms with Crippen LogP contribution in [-0.2, 0) is 0 Å². The van der Waals surface area contributed by atoms with Gasteiger partial charge < -0.3 is 9.52 Å². The molecule has 2 aromatic rings. The van der Waals surface area contributed by atoms with E-state index in [2.05, 4.69) is 10.5 Å². The molecule has 0 aliphatic carbocycles. The van der Waals surface area contributed by atoms with Crippen molar-refractivity contribution in [3.05, 3.63) is 58.5 Å². The highest BCUT2D eigenvalue weighted by atomic mass is 16.4. The highest BCUT2D eigenvalue weighted by Crippen LogP contribution is 2.13. The number of hydrogen-bond acceptors (Lipinski definition) is 4. The third kappa shape index (κ3) is 3.56. The van der Waals surface area contributed by atoms with Crippen LogP contribution in [-0.4, -0.2) is 23.2 Å². The van der Waals surface area contributed by atoms with Gasteiger partial charge in [-0.3, -0.25) is 4.79 Å². The number of nitrogens with one attached hydrogen (secondary N) is 1. The predicted molar refractivity (Wildman–Crippen MR) is 76.6 cm³/mol. The van der Waals surface area contributed by atoms with Crippen LogP contribution in [0.4, 0.5) is 0 Å². The lowest BCUT2D eigenvalue weighted by atomic mass is 10.1. The predicted octanol–water partition coefficient (Wildman–Crippen LogP) is 2.36. The van der Waals surface area contributed by atoms with E-state index in [1.165, 1.54) is 18.3 Å². The molecule has 0 aliphatic heterocycles. The topological polar surface area (TPSA) is 91.9 Å². The molecule has 0 fully saturated rings. The van der Waals surface area contributed by atoms with Crippen molar-refractivity contribution in [3.8, 4) is 0 Å². The van der Waals surface area contributed by atoms with Gasteiger partial charge in [0.05, 0.1) is 17.3 Å². The van der Waals surface area contributed by atoms with Crippen molar-refractivity contribution in [1.82, 2.24) is 5.43 Å². The van der Waals surface area contributed by atoms with Crippen LogP contribution >= 0.6 is 0 Å². The third-order valence-corrected chi connectivity index (χ3v) is 2.82. The summed E-state index contributed by atoms with van der Waals surface area (Å²) in [6.07, 6.45) is 1.44. The molecule has 1 heterocycles. The van der Waals surface area contributed by atoms with Gasteiger partial charge in [0, 0.05) is 0 Å². The molecule has 0 radical (unpaired) electrons. The standard InChI is InChI=1S/C15H14N2O4/c1-9-7-13(10(2)21-9)14(18)17-16-8-11-3-5-12(6-4-11)15(19)20/h3-8H,1-2H3,(H,17,18)(H,19,20)/b16-8-. The lowest BCUT2D eigenvalue weighted by Gasteiger charge is -1.98. The zero-order valence-electron chi connectivity index (χ0n) is 11.6. The molecule has 21 heavy (non-hydrogen) atoms. The minimum absolute atomic E-state index is 0.195. The van der Waals surface area contributed by atoms with Gasteiger partial charge in [-0.05, 0) is 37.6 Å². The number of carbonyl (C=O) groups is 2. The van der Waals surface area contributed by atoms with Gasteiger partial charge in [0.2, 0.25) is 0 Å². The van der Waals surface area contributed by atoms with E-state index in [0.29, 0.717) is 22.6 Å². The Morgan fingerprint density at radius 2 is 1.90 bits per heavy atom. The van der Waals surface area contributed by atoms with E-state index in [9.17, 15) is 9.59 Å². The third-order valence-electron chi connectivity index (χ3n) is 2.82. The van der Waals surface area contributed by atoms with Crippen molar-refractivity contribution >= 4 is 18.1 Å². The second-order valence-electron chi connectivity index (χ2n) is 4.45. The molecule has 0 aliphatic rings. The molecule has 0 bridgehead atoms. The maximum atomic E-state index is 11.8. The number of hydrogen-bond donors (Lipinski definition) is 2. The second kappa shape index (κ2) is 6.04. The van der Waals surface area contributed by atoms with Crippen LogP contribution in [0.1, 0.15) is 37.8 Å². The highest BCUT2D eigenvalue weighted by Gasteiger charge is 2.12. The molecule has 0 unspecified atom stereocenters. The number of aromatic carboxylic acids is 1. The minimum atomic E-state index is -0.988. The van der Waals surface area contributed by atoms with E-state index < -0.39 is 5.97 Å². The summed E-state index contributed by atoms with van der Waals surface area (Å²) in [6, 6.07) is 7.78. The van der Waals surface area contributed by atoms with Gasteiger partial charge in [0.1, 0.15) is 11.5 Å². The van der Waals surface area contributed by atoms with Gasteiger partial charge in [0.15, 0.2) is 0 Å². The van der Waals surface area contributed by atoms with Gasteiger partial charge >= 0.3 is 5.97 Å². The Morgan fingerprint density at radius 3 is 2.43 bits per heavy atom. The fourth-order valence-corrected chi connectivity index (χ4v) is 1.79. The van der Waals surface area contributed by atoms with E-state index in [0.717, 1.165) is 0 Å².